The molecule has 10 heteroatoms. The van der Waals surface area contributed by atoms with Gasteiger partial charge in [0.15, 0.2) is 23.3 Å². The van der Waals surface area contributed by atoms with Crippen LogP contribution in [0.2, 0.25) is 5.02 Å². The standard InChI is InChI=1S/C31H24ClF7O2/c1-2-3-4-5-16-6-10-24-17(12-16)7-11-25(40-24)20-8-9-21(28(35)27(20)34)31(38,39)41-19-13-18-14-22(32)29(36)30(37)26(18)23(33)15-19/h6,8-10,12-15,25H,2-5,7,11H2,1H3. The number of ether oxygens (including phenoxy) is 2. The lowest BCUT2D eigenvalue weighted by molar-refractivity contribution is -0.187. The smallest absolute Gasteiger partial charge is 0.429 e. The fourth-order valence-corrected chi connectivity index (χ4v) is 5.26. The fraction of sp³-hybridized carbons (Fsp3) is 0.290. The molecule has 1 heterocycles. The topological polar surface area (TPSA) is 18.5 Å². The van der Waals surface area contributed by atoms with E-state index in [1.807, 2.05) is 12.1 Å². The van der Waals surface area contributed by atoms with Gasteiger partial charge in [-0.1, -0.05) is 49.6 Å². The van der Waals surface area contributed by atoms with Gasteiger partial charge in [0.2, 0.25) is 0 Å². The van der Waals surface area contributed by atoms with Crippen LogP contribution in [0.25, 0.3) is 10.8 Å². The van der Waals surface area contributed by atoms with E-state index in [-0.39, 0.29) is 10.9 Å². The lowest BCUT2D eigenvalue weighted by atomic mass is 9.94. The molecule has 0 aromatic heterocycles. The highest BCUT2D eigenvalue weighted by atomic mass is 35.5. The van der Waals surface area contributed by atoms with Crippen molar-refractivity contribution in [1.29, 1.82) is 0 Å². The van der Waals surface area contributed by atoms with Crippen molar-refractivity contribution in [2.75, 3.05) is 0 Å². The van der Waals surface area contributed by atoms with Gasteiger partial charge in [-0.2, -0.15) is 8.78 Å². The summed E-state index contributed by atoms with van der Waals surface area (Å²) in [6.45, 7) is 2.12. The minimum Gasteiger partial charge on any atom is -0.485 e. The molecule has 0 radical (unpaired) electrons. The van der Waals surface area contributed by atoms with Crippen LogP contribution in [0.3, 0.4) is 0 Å². The van der Waals surface area contributed by atoms with Gasteiger partial charge < -0.3 is 9.47 Å². The molecule has 41 heavy (non-hydrogen) atoms. The average molecular weight is 597 g/mol. The predicted octanol–water partition coefficient (Wildman–Crippen LogP) is 10.1. The van der Waals surface area contributed by atoms with Crippen molar-refractivity contribution in [2.45, 2.75) is 57.7 Å². The third-order valence-electron chi connectivity index (χ3n) is 7.16. The summed E-state index contributed by atoms with van der Waals surface area (Å²) in [5, 5.41) is -1.91. The van der Waals surface area contributed by atoms with E-state index in [1.54, 1.807) is 6.07 Å². The Bertz CT molecular complexity index is 1620. The van der Waals surface area contributed by atoms with Crippen molar-refractivity contribution in [3.8, 4) is 11.5 Å². The van der Waals surface area contributed by atoms with Crippen LogP contribution in [0.1, 0.15) is 61.0 Å². The highest BCUT2D eigenvalue weighted by molar-refractivity contribution is 6.31. The van der Waals surface area contributed by atoms with E-state index in [0.29, 0.717) is 30.7 Å². The van der Waals surface area contributed by atoms with Gasteiger partial charge in [-0.05, 0) is 66.5 Å². The molecule has 0 bridgehead atoms. The average Bonchev–Trinajstić information content (AvgIpc) is 2.92. The van der Waals surface area contributed by atoms with E-state index in [4.69, 9.17) is 16.3 Å². The van der Waals surface area contributed by atoms with Crippen molar-refractivity contribution in [3.05, 3.63) is 105 Å². The van der Waals surface area contributed by atoms with Crippen LogP contribution < -0.4 is 9.47 Å². The molecule has 2 nitrogen and oxygen atoms in total. The molecule has 1 aliphatic rings. The number of rotatable bonds is 8. The number of halogens is 8. The van der Waals surface area contributed by atoms with Gasteiger partial charge >= 0.3 is 6.11 Å². The van der Waals surface area contributed by atoms with Gasteiger partial charge in [0.1, 0.15) is 29.0 Å². The Morgan fingerprint density at radius 1 is 0.902 bits per heavy atom. The molecule has 216 valence electrons. The Kier molecular flexibility index (Phi) is 8.10. The largest absolute Gasteiger partial charge is 0.485 e. The molecular weight excluding hydrogens is 573 g/mol. The maximum atomic E-state index is 15.1. The summed E-state index contributed by atoms with van der Waals surface area (Å²) in [7, 11) is 0. The minimum absolute atomic E-state index is 0.233. The van der Waals surface area contributed by atoms with Crippen LogP contribution in [-0.4, -0.2) is 0 Å². The lowest BCUT2D eigenvalue weighted by Crippen LogP contribution is -2.25. The van der Waals surface area contributed by atoms with E-state index < -0.39 is 63.0 Å². The molecule has 0 spiro atoms. The minimum atomic E-state index is -4.46. The number of benzene rings is 4. The molecule has 1 aliphatic heterocycles. The molecule has 4 aromatic rings. The first-order chi connectivity index (χ1) is 19.5. The molecule has 0 fully saturated rings. The lowest BCUT2D eigenvalue weighted by Gasteiger charge is -2.28. The first kappa shape index (κ1) is 29.0. The Morgan fingerprint density at radius 3 is 2.44 bits per heavy atom. The zero-order valence-electron chi connectivity index (χ0n) is 21.8. The summed E-state index contributed by atoms with van der Waals surface area (Å²) in [4.78, 5) is 0. The van der Waals surface area contributed by atoms with Gasteiger partial charge in [-0.15, -0.1) is 0 Å². The van der Waals surface area contributed by atoms with E-state index in [1.165, 1.54) is 0 Å². The summed E-state index contributed by atoms with van der Waals surface area (Å²) >= 11 is 5.57. The first-order valence-electron chi connectivity index (χ1n) is 13.1. The third kappa shape index (κ3) is 5.69. The number of hydrogen-bond acceptors (Lipinski definition) is 2. The van der Waals surface area contributed by atoms with E-state index in [2.05, 4.69) is 11.7 Å². The molecule has 4 aromatic carbocycles. The van der Waals surface area contributed by atoms with Crippen LogP contribution in [-0.2, 0) is 19.0 Å². The van der Waals surface area contributed by atoms with Gasteiger partial charge in [-0.3, -0.25) is 0 Å². The van der Waals surface area contributed by atoms with Gasteiger partial charge in [0, 0.05) is 11.6 Å². The highest BCUT2D eigenvalue weighted by Gasteiger charge is 2.40. The molecule has 0 N–H and O–H groups in total. The number of unbranched alkanes of at least 4 members (excludes halogenated alkanes) is 2. The van der Waals surface area contributed by atoms with Crippen molar-refractivity contribution < 1.29 is 40.2 Å². The number of fused-ring (bicyclic) bond motifs is 2. The first-order valence-corrected chi connectivity index (χ1v) is 13.5. The maximum absolute atomic E-state index is 15.1. The van der Waals surface area contributed by atoms with Crippen LogP contribution in [0.15, 0.2) is 48.5 Å². The molecule has 0 saturated carbocycles. The SMILES string of the molecule is CCCCCc1ccc2c(c1)CCC(c1ccc(C(F)(F)Oc3cc(F)c4c(F)c(F)c(Cl)cc4c3)c(F)c1F)O2. The summed E-state index contributed by atoms with van der Waals surface area (Å²) in [5.41, 5.74) is 0.438. The van der Waals surface area contributed by atoms with E-state index in [9.17, 15) is 13.2 Å². The molecule has 1 unspecified atom stereocenters. The zero-order chi connectivity index (χ0) is 29.5. The molecule has 5 rings (SSSR count). The third-order valence-corrected chi connectivity index (χ3v) is 7.43. The number of hydrogen-bond donors (Lipinski definition) is 0. The van der Waals surface area contributed by atoms with Gasteiger partial charge in [0.25, 0.3) is 0 Å². The molecule has 0 saturated heterocycles. The van der Waals surface area contributed by atoms with Crippen molar-refractivity contribution in [1.82, 2.24) is 0 Å². The predicted molar refractivity (Wildman–Crippen MR) is 141 cm³/mol. The second kappa shape index (κ2) is 11.4. The summed E-state index contributed by atoms with van der Waals surface area (Å²) < 4.78 is 113. The summed E-state index contributed by atoms with van der Waals surface area (Å²) in [5.74, 6) is -8.22. The van der Waals surface area contributed by atoms with Crippen molar-refractivity contribution in [2.24, 2.45) is 0 Å². The molecule has 0 aliphatic carbocycles. The Balaban J connectivity index is 1.37. The van der Waals surface area contributed by atoms with Gasteiger partial charge in [-0.25, -0.2) is 22.0 Å². The number of aryl methyl sites for hydroxylation is 2. The highest BCUT2D eigenvalue weighted by Crippen LogP contribution is 2.41. The van der Waals surface area contributed by atoms with Crippen molar-refractivity contribution in [3.63, 3.8) is 0 Å². The molecule has 0 amide bonds. The summed E-state index contributed by atoms with van der Waals surface area (Å²) in [6, 6.07) is 9.41. The van der Waals surface area contributed by atoms with Crippen LogP contribution in [0, 0.1) is 29.1 Å². The molecular formula is C31H24ClF7O2. The van der Waals surface area contributed by atoms with Crippen LogP contribution >= 0.6 is 11.6 Å². The normalized spacial score (nSPS) is 15.1. The Morgan fingerprint density at radius 2 is 1.68 bits per heavy atom. The van der Waals surface area contributed by atoms with E-state index in [0.717, 1.165) is 55.0 Å². The van der Waals surface area contributed by atoms with Gasteiger partial charge in [0.05, 0.1) is 10.4 Å². The summed E-state index contributed by atoms with van der Waals surface area (Å²) in [6.07, 6.45) is -0.299. The Labute approximate surface area is 236 Å². The number of alkyl halides is 2. The van der Waals surface area contributed by atoms with Crippen LogP contribution in [0.4, 0.5) is 30.7 Å². The fourth-order valence-electron chi connectivity index (χ4n) is 5.06. The van der Waals surface area contributed by atoms with E-state index >= 15 is 17.6 Å². The van der Waals surface area contributed by atoms with Crippen LogP contribution in [0.5, 0.6) is 11.5 Å². The Hall–Kier alpha value is -3.46. The van der Waals surface area contributed by atoms with Crippen molar-refractivity contribution >= 4 is 22.4 Å². The second-order valence-corrected chi connectivity index (χ2v) is 10.4. The quantitative estimate of drug-likeness (QED) is 0.114. The molecule has 1 atom stereocenters. The monoisotopic (exact) mass is 596 g/mol. The second-order valence-electron chi connectivity index (χ2n) is 9.98. The maximum Gasteiger partial charge on any atom is 0.429 e. The zero-order valence-corrected chi connectivity index (χ0v) is 22.5.